The highest BCUT2D eigenvalue weighted by Crippen LogP contribution is 2.14. The van der Waals surface area contributed by atoms with Gasteiger partial charge in [0.05, 0.1) is 5.69 Å². The van der Waals surface area contributed by atoms with E-state index in [1.165, 1.54) is 11.3 Å². The summed E-state index contributed by atoms with van der Waals surface area (Å²) < 4.78 is 3.04. The van der Waals surface area contributed by atoms with Gasteiger partial charge in [-0.05, 0) is 36.6 Å². The van der Waals surface area contributed by atoms with Gasteiger partial charge in [0.25, 0.3) is 0 Å². The lowest BCUT2D eigenvalue weighted by atomic mass is 10.0. The van der Waals surface area contributed by atoms with Gasteiger partial charge in [0.15, 0.2) is 0 Å². The second-order valence-corrected chi connectivity index (χ2v) is 5.92. The van der Waals surface area contributed by atoms with Crippen molar-refractivity contribution in [2.45, 2.75) is 32.2 Å². The van der Waals surface area contributed by atoms with Gasteiger partial charge in [0.2, 0.25) is 0 Å². The van der Waals surface area contributed by atoms with Crippen LogP contribution in [0.15, 0.2) is 34.8 Å². The summed E-state index contributed by atoms with van der Waals surface area (Å²) in [7, 11) is 1.99. The molecule has 0 bridgehead atoms. The molecule has 0 saturated carbocycles. The molecule has 2 aromatic rings. The van der Waals surface area contributed by atoms with Crippen LogP contribution in [0.2, 0.25) is 0 Å². The summed E-state index contributed by atoms with van der Waals surface area (Å²) in [6.07, 6.45) is 2.73. The Balaban J connectivity index is 2.04. The molecule has 3 N–H and O–H groups in total. The lowest BCUT2D eigenvalue weighted by Gasteiger charge is -2.16. The van der Waals surface area contributed by atoms with Crippen molar-refractivity contribution in [3.05, 3.63) is 51.8 Å². The van der Waals surface area contributed by atoms with Crippen molar-refractivity contribution >= 4 is 15.9 Å². The molecule has 0 aliphatic carbocycles. The lowest BCUT2D eigenvalue weighted by Crippen LogP contribution is -2.38. The number of rotatable bonds is 6. The van der Waals surface area contributed by atoms with E-state index in [1.807, 2.05) is 11.7 Å². The fraction of sp³-hybridized carbons (Fsp3) is 0.400. The van der Waals surface area contributed by atoms with Gasteiger partial charge in [0.1, 0.15) is 0 Å². The number of benzene rings is 1. The Bertz CT molecular complexity index is 548. The summed E-state index contributed by atoms with van der Waals surface area (Å²) in [5.41, 5.74) is 6.52. The van der Waals surface area contributed by atoms with Crippen molar-refractivity contribution in [3.8, 4) is 0 Å². The maximum absolute atomic E-state index is 5.70. The van der Waals surface area contributed by atoms with Gasteiger partial charge in [-0.25, -0.2) is 0 Å². The standard InChI is InChI=1S/C15H21BrN4/c1-3-13-9-15(20(2)19-13)10-14(18-17)8-11-4-6-12(16)7-5-11/h4-7,9,14,18H,3,8,10,17H2,1-2H3. The van der Waals surface area contributed by atoms with Crippen molar-refractivity contribution in [3.63, 3.8) is 0 Å². The molecular weight excluding hydrogens is 316 g/mol. The summed E-state index contributed by atoms with van der Waals surface area (Å²) in [5, 5.41) is 4.48. The number of nitrogens with one attached hydrogen (secondary N) is 1. The molecule has 0 saturated heterocycles. The molecule has 0 fully saturated rings. The van der Waals surface area contributed by atoms with Crippen LogP contribution in [0.3, 0.4) is 0 Å². The fourth-order valence-corrected chi connectivity index (χ4v) is 2.55. The number of aryl methyl sites for hydroxylation is 2. The number of hydrogen-bond acceptors (Lipinski definition) is 3. The van der Waals surface area contributed by atoms with E-state index in [9.17, 15) is 0 Å². The minimum absolute atomic E-state index is 0.205. The molecule has 0 aliphatic rings. The Kier molecular flexibility index (Phi) is 5.34. The summed E-state index contributed by atoms with van der Waals surface area (Å²) in [4.78, 5) is 0. The lowest BCUT2D eigenvalue weighted by molar-refractivity contribution is 0.505. The number of aromatic nitrogens is 2. The third kappa shape index (κ3) is 3.91. The molecule has 0 aliphatic heterocycles. The van der Waals surface area contributed by atoms with Crippen LogP contribution in [0.1, 0.15) is 23.9 Å². The highest BCUT2D eigenvalue weighted by atomic mass is 79.9. The molecule has 0 amide bonds. The van der Waals surface area contributed by atoms with Gasteiger partial charge in [-0.3, -0.25) is 16.0 Å². The van der Waals surface area contributed by atoms with E-state index in [-0.39, 0.29) is 6.04 Å². The van der Waals surface area contributed by atoms with E-state index >= 15 is 0 Å². The zero-order valence-corrected chi connectivity index (χ0v) is 13.5. The van der Waals surface area contributed by atoms with Crippen LogP contribution in [0, 0.1) is 0 Å². The molecule has 1 aromatic heterocycles. The minimum Gasteiger partial charge on any atom is -0.272 e. The van der Waals surface area contributed by atoms with Crippen LogP contribution in [-0.4, -0.2) is 15.8 Å². The Morgan fingerprint density at radius 3 is 2.55 bits per heavy atom. The van der Waals surface area contributed by atoms with E-state index in [0.29, 0.717) is 0 Å². The fourth-order valence-electron chi connectivity index (χ4n) is 2.28. The molecule has 0 spiro atoms. The van der Waals surface area contributed by atoms with Gasteiger partial charge in [-0.2, -0.15) is 5.10 Å². The van der Waals surface area contributed by atoms with Gasteiger partial charge in [-0.1, -0.05) is 35.0 Å². The summed E-state index contributed by atoms with van der Waals surface area (Å²) in [5.74, 6) is 5.70. The molecule has 20 heavy (non-hydrogen) atoms. The predicted octanol–water partition coefficient (Wildman–Crippen LogP) is 2.36. The average molecular weight is 337 g/mol. The Morgan fingerprint density at radius 2 is 2.00 bits per heavy atom. The van der Waals surface area contributed by atoms with Gasteiger partial charge >= 0.3 is 0 Å². The zero-order valence-electron chi connectivity index (χ0n) is 11.9. The maximum Gasteiger partial charge on any atom is 0.0624 e. The van der Waals surface area contributed by atoms with E-state index in [2.05, 4.69) is 63.7 Å². The molecule has 1 aromatic carbocycles. The Labute approximate surface area is 128 Å². The van der Waals surface area contributed by atoms with Crippen molar-refractivity contribution in [2.75, 3.05) is 0 Å². The van der Waals surface area contributed by atoms with Gasteiger partial charge in [0, 0.05) is 29.7 Å². The number of nitrogens with zero attached hydrogens (tertiary/aromatic N) is 2. The van der Waals surface area contributed by atoms with Crippen molar-refractivity contribution in [2.24, 2.45) is 12.9 Å². The third-order valence-electron chi connectivity index (χ3n) is 3.48. The first kappa shape index (κ1) is 15.2. The number of nitrogens with two attached hydrogens (primary N) is 1. The van der Waals surface area contributed by atoms with Crippen LogP contribution in [0.4, 0.5) is 0 Å². The van der Waals surface area contributed by atoms with Crippen molar-refractivity contribution in [1.29, 1.82) is 0 Å². The first-order valence-electron chi connectivity index (χ1n) is 6.84. The monoisotopic (exact) mass is 336 g/mol. The molecule has 5 heteroatoms. The Morgan fingerprint density at radius 1 is 1.30 bits per heavy atom. The average Bonchev–Trinajstić information content (AvgIpc) is 2.81. The first-order chi connectivity index (χ1) is 9.62. The second kappa shape index (κ2) is 7.02. The van der Waals surface area contributed by atoms with Crippen LogP contribution in [-0.2, 0) is 26.3 Å². The molecule has 0 radical (unpaired) electrons. The van der Waals surface area contributed by atoms with Gasteiger partial charge < -0.3 is 0 Å². The maximum atomic E-state index is 5.70. The van der Waals surface area contributed by atoms with Crippen LogP contribution >= 0.6 is 15.9 Å². The number of hydrogen-bond donors (Lipinski definition) is 2. The van der Waals surface area contributed by atoms with E-state index in [4.69, 9.17) is 5.84 Å². The second-order valence-electron chi connectivity index (χ2n) is 5.00. The predicted molar refractivity (Wildman–Crippen MR) is 85.2 cm³/mol. The summed E-state index contributed by atoms with van der Waals surface area (Å²) in [6, 6.07) is 10.7. The van der Waals surface area contributed by atoms with Crippen molar-refractivity contribution < 1.29 is 0 Å². The molecule has 108 valence electrons. The SMILES string of the molecule is CCc1cc(CC(Cc2ccc(Br)cc2)NN)n(C)n1. The van der Waals surface area contributed by atoms with E-state index in [0.717, 1.165) is 29.4 Å². The van der Waals surface area contributed by atoms with E-state index in [1.54, 1.807) is 0 Å². The highest BCUT2D eigenvalue weighted by molar-refractivity contribution is 9.10. The van der Waals surface area contributed by atoms with Crippen LogP contribution in [0.5, 0.6) is 0 Å². The molecule has 1 unspecified atom stereocenters. The minimum atomic E-state index is 0.205. The topological polar surface area (TPSA) is 55.9 Å². The number of hydrazine groups is 1. The van der Waals surface area contributed by atoms with E-state index < -0.39 is 0 Å². The Hall–Kier alpha value is -1.17. The molecule has 1 heterocycles. The summed E-state index contributed by atoms with van der Waals surface area (Å²) in [6.45, 7) is 2.12. The molecule has 1 atom stereocenters. The highest BCUT2D eigenvalue weighted by Gasteiger charge is 2.12. The number of halogens is 1. The summed E-state index contributed by atoms with van der Waals surface area (Å²) >= 11 is 3.45. The van der Waals surface area contributed by atoms with Crippen molar-refractivity contribution in [1.82, 2.24) is 15.2 Å². The first-order valence-corrected chi connectivity index (χ1v) is 7.64. The molecule has 2 rings (SSSR count). The normalized spacial score (nSPS) is 12.6. The smallest absolute Gasteiger partial charge is 0.0624 e. The van der Waals surface area contributed by atoms with Crippen LogP contribution < -0.4 is 11.3 Å². The largest absolute Gasteiger partial charge is 0.272 e. The quantitative estimate of drug-likeness (QED) is 0.629. The molecule has 4 nitrogen and oxygen atoms in total. The zero-order chi connectivity index (χ0) is 14.5. The van der Waals surface area contributed by atoms with Gasteiger partial charge in [-0.15, -0.1) is 0 Å². The third-order valence-corrected chi connectivity index (χ3v) is 4.00. The molecular formula is C15H21BrN4. The van der Waals surface area contributed by atoms with Crippen LogP contribution in [0.25, 0.3) is 0 Å².